The summed E-state index contributed by atoms with van der Waals surface area (Å²) in [6.45, 7) is 0.433. The molecule has 2 aromatic rings. The van der Waals surface area contributed by atoms with Gasteiger partial charge in [0.2, 0.25) is 5.89 Å². The molecular formula is C11H11ClFN3O. The smallest absolute Gasteiger partial charge is 0.227 e. The highest BCUT2D eigenvalue weighted by Crippen LogP contribution is 2.21. The summed E-state index contributed by atoms with van der Waals surface area (Å²) in [5.41, 5.74) is 5.73. The molecule has 2 rings (SSSR count). The molecule has 1 aromatic carbocycles. The molecule has 0 bridgehead atoms. The van der Waals surface area contributed by atoms with Crippen molar-refractivity contribution < 1.29 is 8.91 Å². The van der Waals surface area contributed by atoms with E-state index in [1.54, 1.807) is 12.1 Å². The number of nitrogens with zero attached hydrogens (tertiary/aromatic N) is 2. The van der Waals surface area contributed by atoms with Crippen LogP contribution in [0, 0.1) is 5.82 Å². The second-order valence-electron chi connectivity index (χ2n) is 3.52. The molecule has 1 aromatic heterocycles. The highest BCUT2D eigenvalue weighted by molar-refractivity contribution is 6.31. The molecule has 0 aliphatic rings. The van der Waals surface area contributed by atoms with Crippen LogP contribution >= 0.6 is 11.6 Å². The maximum absolute atomic E-state index is 13.5. The first-order valence-electron chi connectivity index (χ1n) is 5.15. The van der Waals surface area contributed by atoms with Crippen molar-refractivity contribution in [1.82, 2.24) is 10.1 Å². The van der Waals surface area contributed by atoms with Crippen molar-refractivity contribution in [2.45, 2.75) is 12.8 Å². The number of nitrogens with two attached hydrogens (primary N) is 1. The monoisotopic (exact) mass is 255 g/mol. The third-order valence-corrected chi connectivity index (χ3v) is 2.62. The zero-order valence-corrected chi connectivity index (χ0v) is 9.75. The van der Waals surface area contributed by atoms with E-state index < -0.39 is 0 Å². The standard InChI is InChI=1S/C11H11ClFN3O/c12-8-2-1-3-9(13)7(8)6-10-15-11(4-5-14)17-16-10/h1-3H,4-6,14H2. The number of hydrogen-bond donors (Lipinski definition) is 1. The topological polar surface area (TPSA) is 64.9 Å². The van der Waals surface area contributed by atoms with Crippen molar-refractivity contribution in [3.63, 3.8) is 0 Å². The van der Waals surface area contributed by atoms with Gasteiger partial charge in [0, 0.05) is 30.0 Å². The van der Waals surface area contributed by atoms with Crippen LogP contribution in [0.3, 0.4) is 0 Å². The summed E-state index contributed by atoms with van der Waals surface area (Å²) in [5, 5.41) is 4.10. The zero-order chi connectivity index (χ0) is 12.3. The molecule has 0 unspecified atom stereocenters. The Morgan fingerprint density at radius 2 is 2.24 bits per heavy atom. The quantitative estimate of drug-likeness (QED) is 0.907. The van der Waals surface area contributed by atoms with Crippen LogP contribution in [0.15, 0.2) is 22.7 Å². The SMILES string of the molecule is NCCc1nc(Cc2c(F)cccc2Cl)no1. The molecule has 0 spiro atoms. The van der Waals surface area contributed by atoms with Crippen LogP contribution in [0.4, 0.5) is 4.39 Å². The van der Waals surface area contributed by atoms with Crippen molar-refractivity contribution in [2.24, 2.45) is 5.73 Å². The van der Waals surface area contributed by atoms with Gasteiger partial charge < -0.3 is 10.3 Å². The fourth-order valence-electron chi connectivity index (χ4n) is 1.45. The van der Waals surface area contributed by atoms with E-state index in [0.717, 1.165) is 0 Å². The lowest BCUT2D eigenvalue weighted by Gasteiger charge is -2.01. The maximum Gasteiger partial charge on any atom is 0.227 e. The molecule has 0 saturated carbocycles. The minimum Gasteiger partial charge on any atom is -0.339 e. The third kappa shape index (κ3) is 2.81. The highest BCUT2D eigenvalue weighted by atomic mass is 35.5. The average molecular weight is 256 g/mol. The largest absolute Gasteiger partial charge is 0.339 e. The Bertz CT molecular complexity index is 495. The lowest BCUT2D eigenvalue weighted by Crippen LogP contribution is -2.03. The molecular weight excluding hydrogens is 245 g/mol. The fraction of sp³-hybridized carbons (Fsp3) is 0.273. The van der Waals surface area contributed by atoms with Gasteiger partial charge in [-0.15, -0.1) is 0 Å². The summed E-state index contributed by atoms with van der Waals surface area (Å²) in [7, 11) is 0. The van der Waals surface area contributed by atoms with Gasteiger partial charge in [0.25, 0.3) is 0 Å². The molecule has 4 nitrogen and oxygen atoms in total. The summed E-state index contributed by atoms with van der Waals surface area (Å²) in [4.78, 5) is 4.09. The lowest BCUT2D eigenvalue weighted by atomic mass is 10.1. The first-order chi connectivity index (χ1) is 8.20. The van der Waals surface area contributed by atoms with Crippen LogP contribution in [-0.2, 0) is 12.8 Å². The van der Waals surface area contributed by atoms with E-state index in [1.165, 1.54) is 6.07 Å². The van der Waals surface area contributed by atoms with E-state index in [4.69, 9.17) is 21.9 Å². The minimum atomic E-state index is -0.373. The van der Waals surface area contributed by atoms with Crippen LogP contribution in [0.1, 0.15) is 17.3 Å². The van der Waals surface area contributed by atoms with E-state index >= 15 is 0 Å². The number of benzene rings is 1. The Labute approximate surface area is 103 Å². The Balaban J connectivity index is 2.19. The predicted molar refractivity (Wildman–Crippen MR) is 61.3 cm³/mol. The van der Waals surface area contributed by atoms with Gasteiger partial charge in [-0.3, -0.25) is 0 Å². The molecule has 0 aliphatic carbocycles. The second-order valence-corrected chi connectivity index (χ2v) is 3.93. The molecule has 0 atom stereocenters. The average Bonchev–Trinajstić information content (AvgIpc) is 2.72. The molecule has 0 saturated heterocycles. The van der Waals surface area contributed by atoms with Gasteiger partial charge in [0.05, 0.1) is 0 Å². The summed E-state index contributed by atoms with van der Waals surface area (Å²) in [5.74, 6) is 0.484. The molecule has 6 heteroatoms. The molecule has 0 aliphatic heterocycles. The minimum absolute atomic E-state index is 0.208. The second kappa shape index (κ2) is 5.25. The van der Waals surface area contributed by atoms with E-state index in [-0.39, 0.29) is 12.2 Å². The predicted octanol–water partition coefficient (Wildman–Crippen LogP) is 1.95. The highest BCUT2D eigenvalue weighted by Gasteiger charge is 2.12. The molecule has 0 fully saturated rings. The van der Waals surface area contributed by atoms with Crippen LogP contribution < -0.4 is 5.73 Å². The van der Waals surface area contributed by atoms with E-state index in [9.17, 15) is 4.39 Å². The normalized spacial score (nSPS) is 10.8. The van der Waals surface area contributed by atoms with Gasteiger partial charge in [0.1, 0.15) is 5.82 Å². The Morgan fingerprint density at radius 1 is 1.41 bits per heavy atom. The third-order valence-electron chi connectivity index (χ3n) is 2.26. The molecule has 0 amide bonds. The number of rotatable bonds is 4. The molecule has 2 N–H and O–H groups in total. The zero-order valence-electron chi connectivity index (χ0n) is 8.99. The van der Waals surface area contributed by atoms with Crippen molar-refractivity contribution in [3.05, 3.63) is 46.3 Å². The maximum atomic E-state index is 13.5. The van der Waals surface area contributed by atoms with Gasteiger partial charge in [-0.1, -0.05) is 22.8 Å². The number of hydrogen-bond acceptors (Lipinski definition) is 4. The van der Waals surface area contributed by atoms with E-state index in [2.05, 4.69) is 10.1 Å². The number of halogens is 2. The van der Waals surface area contributed by atoms with Gasteiger partial charge in [-0.05, 0) is 12.1 Å². The van der Waals surface area contributed by atoms with Crippen LogP contribution in [0.5, 0.6) is 0 Å². The Hall–Kier alpha value is -1.46. The van der Waals surface area contributed by atoms with Crippen molar-refractivity contribution >= 4 is 11.6 Å². The Morgan fingerprint density at radius 3 is 2.94 bits per heavy atom. The van der Waals surface area contributed by atoms with Gasteiger partial charge >= 0.3 is 0 Å². The van der Waals surface area contributed by atoms with Gasteiger partial charge in [0.15, 0.2) is 5.82 Å². The van der Waals surface area contributed by atoms with Crippen LogP contribution in [0.25, 0.3) is 0 Å². The van der Waals surface area contributed by atoms with Crippen molar-refractivity contribution in [1.29, 1.82) is 0 Å². The van der Waals surface area contributed by atoms with Crippen LogP contribution in [-0.4, -0.2) is 16.7 Å². The van der Waals surface area contributed by atoms with E-state index in [0.29, 0.717) is 35.3 Å². The lowest BCUT2D eigenvalue weighted by molar-refractivity contribution is 0.375. The van der Waals surface area contributed by atoms with Gasteiger partial charge in [-0.2, -0.15) is 4.98 Å². The van der Waals surface area contributed by atoms with Gasteiger partial charge in [-0.25, -0.2) is 4.39 Å². The molecule has 0 radical (unpaired) electrons. The summed E-state index contributed by atoms with van der Waals surface area (Å²) >= 11 is 5.90. The van der Waals surface area contributed by atoms with E-state index in [1.807, 2.05) is 0 Å². The van der Waals surface area contributed by atoms with Crippen molar-refractivity contribution in [3.8, 4) is 0 Å². The first kappa shape index (κ1) is 12.0. The first-order valence-corrected chi connectivity index (χ1v) is 5.53. The van der Waals surface area contributed by atoms with Crippen LogP contribution in [0.2, 0.25) is 5.02 Å². The molecule has 1 heterocycles. The summed E-state index contributed by atoms with van der Waals surface area (Å²) in [6, 6.07) is 4.53. The molecule has 90 valence electrons. The summed E-state index contributed by atoms with van der Waals surface area (Å²) < 4.78 is 18.5. The number of aromatic nitrogens is 2. The summed E-state index contributed by atoms with van der Waals surface area (Å²) in [6.07, 6.45) is 0.720. The van der Waals surface area contributed by atoms with Crippen molar-refractivity contribution in [2.75, 3.05) is 6.54 Å². The fourth-order valence-corrected chi connectivity index (χ4v) is 1.68. The Kier molecular flexibility index (Phi) is 3.71. The molecule has 17 heavy (non-hydrogen) atoms.